The van der Waals surface area contributed by atoms with E-state index in [0.717, 1.165) is 83.5 Å². The maximum atomic E-state index is 6.66. The number of anilines is 3. The second-order valence-electron chi connectivity index (χ2n) is 17.3. The first-order valence-electron chi connectivity index (χ1n) is 22.9. The van der Waals surface area contributed by atoms with Crippen LogP contribution in [0.15, 0.2) is 259 Å². The summed E-state index contributed by atoms with van der Waals surface area (Å²) in [7, 11) is 0. The number of hydrogen-bond donors (Lipinski definition) is 0. The van der Waals surface area contributed by atoms with Crippen molar-refractivity contribution in [1.29, 1.82) is 0 Å². The lowest BCUT2D eigenvalue weighted by Crippen LogP contribution is -2.11. The van der Waals surface area contributed by atoms with Crippen LogP contribution in [-0.2, 0) is 0 Å². The molecule has 2 aromatic heterocycles. The van der Waals surface area contributed by atoms with E-state index in [9.17, 15) is 0 Å². The van der Waals surface area contributed by atoms with Crippen LogP contribution in [0.3, 0.4) is 0 Å². The highest BCUT2D eigenvalue weighted by molar-refractivity contribution is 6.15. The van der Waals surface area contributed by atoms with Gasteiger partial charge in [-0.15, -0.1) is 0 Å². The van der Waals surface area contributed by atoms with Gasteiger partial charge in [0.2, 0.25) is 0 Å². The molecule has 0 saturated heterocycles. The first kappa shape index (κ1) is 38.5. The minimum Gasteiger partial charge on any atom is -0.455 e. The topological polar surface area (TPSA) is 21.3 Å². The highest BCUT2D eigenvalue weighted by Crippen LogP contribution is 2.45. The third kappa shape index (κ3) is 6.67. The van der Waals surface area contributed by atoms with Crippen molar-refractivity contribution >= 4 is 71.6 Å². The molecule has 0 aliphatic rings. The van der Waals surface area contributed by atoms with Crippen molar-refractivity contribution in [2.45, 2.75) is 0 Å². The normalized spacial score (nSPS) is 11.6. The quantitative estimate of drug-likeness (QED) is 0.152. The van der Waals surface area contributed by atoms with Gasteiger partial charge in [0.25, 0.3) is 0 Å². The first-order valence-corrected chi connectivity index (χ1v) is 22.9. The average Bonchev–Trinajstić information content (AvgIpc) is 3.96. The van der Waals surface area contributed by atoms with Gasteiger partial charge in [-0.1, -0.05) is 176 Å². The molecule has 3 heteroatoms. The molecule has 0 radical (unpaired) electrons. The van der Waals surface area contributed by atoms with Crippen molar-refractivity contribution in [3.05, 3.63) is 255 Å². The molecule has 314 valence electrons. The van der Waals surface area contributed by atoms with E-state index in [1.807, 2.05) is 0 Å². The van der Waals surface area contributed by atoms with Crippen molar-refractivity contribution in [2.75, 3.05) is 4.90 Å². The van der Waals surface area contributed by atoms with Crippen LogP contribution in [0.4, 0.5) is 17.1 Å². The van der Waals surface area contributed by atoms with E-state index < -0.39 is 0 Å². The Morgan fingerprint density at radius 3 is 1.63 bits per heavy atom. The minimum atomic E-state index is 0.881. The van der Waals surface area contributed by atoms with E-state index in [2.05, 4.69) is 264 Å². The Kier molecular flexibility index (Phi) is 9.17. The molecule has 13 aromatic rings. The molecule has 67 heavy (non-hydrogen) atoms. The standard InChI is InChI=1S/C64H42N2O/c1-3-15-43(16-4-1)49-33-38-62(59(41-49)45-17-5-2-6-18-45)65(52-22-14-21-48(40-52)50-32-36-57-58-37-31-46-19-7-8-24-54(46)64(58)67-63(57)42-50)51-34-29-44(30-35-51)47-20-13-23-53(39-47)66-60-27-11-9-25-55(60)56-26-10-12-28-61(56)66/h1-42H. The Balaban J connectivity index is 0.946. The van der Waals surface area contributed by atoms with Gasteiger partial charge in [0.05, 0.1) is 16.7 Å². The zero-order valence-electron chi connectivity index (χ0n) is 36.6. The summed E-state index contributed by atoms with van der Waals surface area (Å²) < 4.78 is 9.04. The lowest BCUT2D eigenvalue weighted by Gasteiger charge is -2.29. The van der Waals surface area contributed by atoms with Crippen LogP contribution < -0.4 is 4.90 Å². The van der Waals surface area contributed by atoms with Crippen molar-refractivity contribution in [3.63, 3.8) is 0 Å². The monoisotopic (exact) mass is 854 g/mol. The van der Waals surface area contributed by atoms with Crippen molar-refractivity contribution in [1.82, 2.24) is 4.57 Å². The van der Waals surface area contributed by atoms with E-state index in [-0.39, 0.29) is 0 Å². The third-order valence-corrected chi connectivity index (χ3v) is 13.4. The lowest BCUT2D eigenvalue weighted by molar-refractivity contribution is 0.673. The number of furan rings is 1. The molecule has 0 bridgehead atoms. The number of nitrogens with zero attached hydrogens (tertiary/aromatic N) is 2. The molecular weight excluding hydrogens is 813 g/mol. The van der Waals surface area contributed by atoms with E-state index in [1.165, 1.54) is 38.3 Å². The van der Waals surface area contributed by atoms with Gasteiger partial charge in [0.1, 0.15) is 11.2 Å². The van der Waals surface area contributed by atoms with Gasteiger partial charge in [0.15, 0.2) is 0 Å². The van der Waals surface area contributed by atoms with Gasteiger partial charge in [-0.2, -0.15) is 0 Å². The molecule has 0 atom stereocenters. The number of hydrogen-bond acceptors (Lipinski definition) is 2. The molecule has 2 heterocycles. The average molecular weight is 855 g/mol. The van der Waals surface area contributed by atoms with E-state index in [1.54, 1.807) is 0 Å². The summed E-state index contributed by atoms with van der Waals surface area (Å²) in [6.07, 6.45) is 0. The Bertz CT molecular complexity index is 3920. The highest BCUT2D eigenvalue weighted by Gasteiger charge is 2.20. The number of aromatic nitrogens is 1. The minimum absolute atomic E-state index is 0.881. The number of para-hydroxylation sites is 2. The van der Waals surface area contributed by atoms with E-state index >= 15 is 0 Å². The van der Waals surface area contributed by atoms with Crippen molar-refractivity contribution in [2.24, 2.45) is 0 Å². The maximum absolute atomic E-state index is 6.66. The first-order chi connectivity index (χ1) is 33.2. The molecule has 0 N–H and O–H groups in total. The van der Waals surface area contributed by atoms with Gasteiger partial charge in [-0.3, -0.25) is 0 Å². The van der Waals surface area contributed by atoms with Gasteiger partial charge in [-0.05, 0) is 123 Å². The second kappa shape index (κ2) is 16.0. The van der Waals surface area contributed by atoms with Crippen LogP contribution in [0.25, 0.3) is 105 Å². The maximum Gasteiger partial charge on any atom is 0.143 e. The summed E-state index contributed by atoms with van der Waals surface area (Å²) in [5, 5.41) is 7.07. The molecule has 13 rings (SSSR count). The molecule has 0 fully saturated rings. The van der Waals surface area contributed by atoms with Crippen LogP contribution in [0.5, 0.6) is 0 Å². The molecule has 3 nitrogen and oxygen atoms in total. The van der Waals surface area contributed by atoms with Gasteiger partial charge in [0, 0.05) is 49.6 Å². The zero-order valence-corrected chi connectivity index (χ0v) is 36.6. The predicted octanol–water partition coefficient (Wildman–Crippen LogP) is 18.0. The molecule has 0 spiro atoms. The van der Waals surface area contributed by atoms with Crippen LogP contribution in [0, 0.1) is 0 Å². The van der Waals surface area contributed by atoms with Gasteiger partial charge < -0.3 is 13.9 Å². The van der Waals surface area contributed by atoms with Gasteiger partial charge >= 0.3 is 0 Å². The summed E-state index contributed by atoms with van der Waals surface area (Å²) in [6, 6.07) is 91.9. The second-order valence-corrected chi connectivity index (χ2v) is 17.3. The Morgan fingerprint density at radius 1 is 0.313 bits per heavy atom. The highest BCUT2D eigenvalue weighted by atomic mass is 16.3. The number of fused-ring (bicyclic) bond motifs is 8. The Labute approximate surface area is 388 Å². The number of benzene rings is 11. The summed E-state index contributed by atoms with van der Waals surface area (Å²) in [5.74, 6) is 0. The van der Waals surface area contributed by atoms with Crippen molar-refractivity contribution in [3.8, 4) is 50.2 Å². The van der Waals surface area contributed by atoms with Crippen LogP contribution >= 0.6 is 0 Å². The van der Waals surface area contributed by atoms with E-state index in [4.69, 9.17) is 4.42 Å². The van der Waals surface area contributed by atoms with Crippen LogP contribution in [-0.4, -0.2) is 4.57 Å². The Hall–Kier alpha value is -8.92. The fourth-order valence-electron chi connectivity index (χ4n) is 10.2. The molecule has 0 saturated carbocycles. The fourth-order valence-corrected chi connectivity index (χ4v) is 10.2. The van der Waals surface area contributed by atoms with Crippen LogP contribution in [0.2, 0.25) is 0 Å². The smallest absolute Gasteiger partial charge is 0.143 e. The summed E-state index contributed by atoms with van der Waals surface area (Å²) in [4.78, 5) is 2.41. The van der Waals surface area contributed by atoms with E-state index in [0.29, 0.717) is 0 Å². The molecular formula is C64H42N2O. The summed E-state index contributed by atoms with van der Waals surface area (Å²) >= 11 is 0. The zero-order chi connectivity index (χ0) is 44.3. The summed E-state index contributed by atoms with van der Waals surface area (Å²) in [6.45, 7) is 0. The predicted molar refractivity (Wildman–Crippen MR) is 282 cm³/mol. The molecule has 0 amide bonds. The largest absolute Gasteiger partial charge is 0.455 e. The fraction of sp³-hybridized carbons (Fsp3) is 0. The van der Waals surface area contributed by atoms with Gasteiger partial charge in [-0.25, -0.2) is 0 Å². The summed E-state index contributed by atoms with van der Waals surface area (Å²) in [5.41, 5.74) is 17.7. The molecule has 0 aliphatic carbocycles. The van der Waals surface area contributed by atoms with Crippen molar-refractivity contribution < 1.29 is 4.42 Å². The third-order valence-electron chi connectivity index (χ3n) is 13.4. The Morgan fingerprint density at radius 2 is 0.866 bits per heavy atom. The number of rotatable bonds is 8. The SMILES string of the molecule is c1ccc(-c2ccc(N(c3ccc(-c4cccc(-n5c6ccccc6c6ccccc65)c4)cc3)c3cccc(-c4ccc5c(c4)oc4c6ccccc6ccc54)c3)c(-c3ccccc3)c2)cc1. The lowest BCUT2D eigenvalue weighted by atomic mass is 9.95. The molecule has 0 aliphatic heterocycles. The molecule has 11 aromatic carbocycles. The molecule has 0 unspecified atom stereocenters. The van der Waals surface area contributed by atoms with Crippen LogP contribution in [0.1, 0.15) is 0 Å².